The summed E-state index contributed by atoms with van der Waals surface area (Å²) in [5, 5.41) is 9.78. The number of nitrogens with zero attached hydrogens (tertiary/aromatic N) is 3. The first-order valence-corrected chi connectivity index (χ1v) is 5.66. The minimum atomic E-state index is -2.07. The van der Waals surface area contributed by atoms with Crippen molar-refractivity contribution in [2.24, 2.45) is 0 Å². The van der Waals surface area contributed by atoms with Gasteiger partial charge in [0.25, 0.3) is 11.3 Å². The number of H-pyrrole nitrogens is 1. The minimum Gasteiger partial charge on any atom is -0.289 e. The van der Waals surface area contributed by atoms with Crippen LogP contribution in [0.15, 0.2) is 24.3 Å². The average Bonchev–Trinajstić information content (AvgIpc) is 2.65. The summed E-state index contributed by atoms with van der Waals surface area (Å²) in [6.07, 6.45) is 0. The highest BCUT2D eigenvalue weighted by Crippen LogP contribution is 2.12. The Morgan fingerprint density at radius 3 is 2.62 bits per heavy atom. The van der Waals surface area contributed by atoms with E-state index < -0.39 is 11.3 Å². The zero-order chi connectivity index (χ0) is 11.5. The molecule has 9 heteroatoms. The lowest BCUT2D eigenvalue weighted by atomic mass is 10.3. The van der Waals surface area contributed by atoms with E-state index in [1.54, 1.807) is 24.3 Å². The SMILES string of the molecule is O=S(O)Nc1ccc(-n2[nH]nnc2=S)cc1. The van der Waals surface area contributed by atoms with E-state index in [1.165, 1.54) is 4.68 Å². The maximum atomic E-state index is 10.5. The van der Waals surface area contributed by atoms with Crippen molar-refractivity contribution in [3.63, 3.8) is 0 Å². The van der Waals surface area contributed by atoms with Crippen LogP contribution in [0, 0.1) is 4.77 Å². The number of nitrogens with one attached hydrogen (secondary N) is 2. The average molecular weight is 257 g/mol. The topological polar surface area (TPSA) is 95.8 Å². The Hall–Kier alpha value is -1.58. The number of benzene rings is 1. The molecule has 0 radical (unpaired) electrons. The van der Waals surface area contributed by atoms with E-state index in [4.69, 9.17) is 16.8 Å². The molecule has 84 valence electrons. The van der Waals surface area contributed by atoms with Crippen molar-refractivity contribution < 1.29 is 8.76 Å². The summed E-state index contributed by atoms with van der Waals surface area (Å²) in [5.74, 6) is 0. The van der Waals surface area contributed by atoms with E-state index in [0.717, 1.165) is 5.69 Å². The van der Waals surface area contributed by atoms with Gasteiger partial charge in [-0.1, -0.05) is 10.3 Å². The molecule has 2 aromatic rings. The van der Waals surface area contributed by atoms with Crippen LogP contribution in [0.2, 0.25) is 0 Å². The van der Waals surface area contributed by atoms with Crippen LogP contribution in [-0.2, 0) is 11.3 Å². The van der Waals surface area contributed by atoms with Crippen LogP contribution in [0.25, 0.3) is 5.69 Å². The van der Waals surface area contributed by atoms with Gasteiger partial charge < -0.3 is 0 Å². The fourth-order valence-corrected chi connectivity index (χ4v) is 1.67. The summed E-state index contributed by atoms with van der Waals surface area (Å²) in [7, 11) is 0. The largest absolute Gasteiger partial charge is 0.289 e. The molecule has 1 aromatic heterocycles. The van der Waals surface area contributed by atoms with Crippen molar-refractivity contribution in [2.75, 3.05) is 4.72 Å². The normalized spacial score (nSPS) is 12.3. The second-order valence-corrected chi connectivity index (χ2v) is 3.88. The Morgan fingerprint density at radius 2 is 2.12 bits per heavy atom. The molecule has 1 aromatic carbocycles. The third-order valence-electron chi connectivity index (χ3n) is 1.80. The Kier molecular flexibility index (Phi) is 3.08. The quantitative estimate of drug-likeness (QED) is 0.560. The van der Waals surface area contributed by atoms with Crippen LogP contribution < -0.4 is 4.72 Å². The van der Waals surface area contributed by atoms with E-state index in [2.05, 4.69) is 20.2 Å². The maximum Gasteiger partial charge on any atom is 0.259 e. The first-order chi connectivity index (χ1) is 7.66. The van der Waals surface area contributed by atoms with Crippen molar-refractivity contribution in [1.82, 2.24) is 20.2 Å². The van der Waals surface area contributed by atoms with Gasteiger partial charge in [-0.3, -0.25) is 9.27 Å². The van der Waals surface area contributed by atoms with Gasteiger partial charge in [0.05, 0.1) is 5.69 Å². The lowest BCUT2D eigenvalue weighted by Gasteiger charge is -2.03. The lowest BCUT2D eigenvalue weighted by molar-refractivity contribution is 0.570. The van der Waals surface area contributed by atoms with Crippen LogP contribution in [0.4, 0.5) is 5.69 Å². The van der Waals surface area contributed by atoms with Gasteiger partial charge in [0.2, 0.25) is 4.77 Å². The van der Waals surface area contributed by atoms with Crippen molar-refractivity contribution in [3.05, 3.63) is 29.0 Å². The highest BCUT2D eigenvalue weighted by atomic mass is 32.2. The molecule has 1 atom stereocenters. The molecular weight excluding hydrogens is 250 g/mol. The fourth-order valence-electron chi connectivity index (χ4n) is 1.14. The summed E-state index contributed by atoms with van der Waals surface area (Å²) in [4.78, 5) is 0. The third kappa shape index (κ3) is 2.32. The van der Waals surface area contributed by atoms with E-state index >= 15 is 0 Å². The second kappa shape index (κ2) is 4.51. The number of aromatic nitrogens is 4. The molecule has 0 aliphatic carbocycles. The molecule has 0 aliphatic rings. The molecule has 0 amide bonds. The van der Waals surface area contributed by atoms with Crippen LogP contribution in [-0.4, -0.2) is 29.0 Å². The predicted octanol–water partition coefficient (Wildman–Crippen LogP) is 0.873. The van der Waals surface area contributed by atoms with E-state index in [9.17, 15) is 4.21 Å². The molecule has 2 rings (SSSR count). The zero-order valence-electron chi connectivity index (χ0n) is 7.82. The Morgan fingerprint density at radius 1 is 1.44 bits per heavy atom. The molecule has 16 heavy (non-hydrogen) atoms. The van der Waals surface area contributed by atoms with Gasteiger partial charge in [0.1, 0.15) is 0 Å². The molecule has 0 saturated carbocycles. The minimum absolute atomic E-state index is 0.312. The Balaban J connectivity index is 2.30. The highest BCUT2D eigenvalue weighted by molar-refractivity contribution is 7.80. The smallest absolute Gasteiger partial charge is 0.259 e. The van der Waals surface area contributed by atoms with Gasteiger partial charge in [0.15, 0.2) is 0 Å². The third-order valence-corrected chi connectivity index (χ3v) is 2.48. The summed E-state index contributed by atoms with van der Waals surface area (Å²) >= 11 is 2.85. The number of hydrogen-bond donors (Lipinski definition) is 3. The van der Waals surface area contributed by atoms with E-state index in [1.807, 2.05) is 0 Å². The molecule has 0 saturated heterocycles. The summed E-state index contributed by atoms with van der Waals surface area (Å²) in [5.41, 5.74) is 1.27. The first-order valence-electron chi connectivity index (χ1n) is 4.15. The predicted molar refractivity (Wildman–Crippen MR) is 60.9 cm³/mol. The molecular formula is C7H7N5O2S2. The van der Waals surface area contributed by atoms with Crippen molar-refractivity contribution >= 4 is 29.2 Å². The number of anilines is 1. The van der Waals surface area contributed by atoms with Gasteiger partial charge in [-0.2, -0.15) is 5.21 Å². The summed E-state index contributed by atoms with van der Waals surface area (Å²) in [6, 6.07) is 6.72. The fraction of sp³-hybridized carbons (Fsp3) is 0. The van der Waals surface area contributed by atoms with Gasteiger partial charge in [-0.05, 0) is 36.5 Å². The monoisotopic (exact) mass is 257 g/mol. The number of rotatable bonds is 3. The van der Waals surface area contributed by atoms with E-state index in [-0.39, 0.29) is 0 Å². The molecule has 0 aliphatic heterocycles. The molecule has 3 N–H and O–H groups in total. The molecule has 0 spiro atoms. The van der Waals surface area contributed by atoms with Crippen molar-refractivity contribution in [1.29, 1.82) is 0 Å². The van der Waals surface area contributed by atoms with Crippen molar-refractivity contribution in [3.8, 4) is 5.69 Å². The van der Waals surface area contributed by atoms with Crippen LogP contribution in [0.1, 0.15) is 0 Å². The molecule has 1 unspecified atom stereocenters. The number of hydrogen-bond acceptors (Lipinski definition) is 4. The zero-order valence-corrected chi connectivity index (χ0v) is 9.46. The van der Waals surface area contributed by atoms with Gasteiger partial charge >= 0.3 is 0 Å². The van der Waals surface area contributed by atoms with Crippen molar-refractivity contribution in [2.45, 2.75) is 0 Å². The lowest BCUT2D eigenvalue weighted by Crippen LogP contribution is -2.02. The van der Waals surface area contributed by atoms with Crippen LogP contribution >= 0.6 is 12.2 Å². The highest BCUT2D eigenvalue weighted by Gasteiger charge is 2.00. The van der Waals surface area contributed by atoms with E-state index in [0.29, 0.717) is 10.5 Å². The Labute approximate surface area is 97.9 Å². The summed E-state index contributed by atoms with van der Waals surface area (Å²) in [6.45, 7) is 0. The number of aromatic amines is 1. The standard InChI is InChI=1S/C7H7N5O2S2/c13-16(14)9-5-1-3-6(4-2-5)12-7(15)8-10-11-12/h1-4,9H,(H,13,14)(H,8,11,15). The van der Waals surface area contributed by atoms with Gasteiger partial charge in [0, 0.05) is 5.69 Å². The molecule has 0 bridgehead atoms. The Bertz CT molecular complexity index is 561. The van der Waals surface area contributed by atoms with Gasteiger partial charge in [-0.15, -0.1) is 0 Å². The summed E-state index contributed by atoms with van der Waals surface area (Å²) < 4.78 is 23.3. The van der Waals surface area contributed by atoms with Gasteiger partial charge in [-0.25, -0.2) is 8.89 Å². The molecule has 1 heterocycles. The number of tetrazole rings is 1. The van der Waals surface area contributed by atoms with Crippen LogP contribution in [0.3, 0.4) is 0 Å². The second-order valence-electron chi connectivity index (χ2n) is 2.82. The molecule has 0 fully saturated rings. The van der Waals surface area contributed by atoms with Crippen LogP contribution in [0.5, 0.6) is 0 Å². The maximum absolute atomic E-state index is 10.5. The molecule has 7 nitrogen and oxygen atoms in total. The first kappa shape index (κ1) is 10.9.